The predicted octanol–water partition coefficient (Wildman–Crippen LogP) is 1.54. The summed E-state index contributed by atoms with van der Waals surface area (Å²) in [6.07, 6.45) is 0. The van der Waals surface area contributed by atoms with Crippen molar-refractivity contribution in [1.82, 2.24) is 0 Å². The summed E-state index contributed by atoms with van der Waals surface area (Å²) < 4.78 is 9.90. The topological polar surface area (TPSA) is 71.3 Å². The molecule has 0 atom stereocenters. The molecule has 0 aliphatic carbocycles. The molecule has 1 aromatic rings. The molecule has 0 saturated carbocycles. The van der Waals surface area contributed by atoms with Crippen LogP contribution in [0.1, 0.15) is 12.5 Å². The zero-order valence-corrected chi connectivity index (χ0v) is 9.82. The van der Waals surface area contributed by atoms with Gasteiger partial charge >= 0.3 is 5.97 Å². The van der Waals surface area contributed by atoms with E-state index in [-0.39, 0.29) is 12.5 Å². The third-order valence-electron chi connectivity index (χ3n) is 2.06. The fourth-order valence-corrected chi connectivity index (χ4v) is 1.29. The van der Waals surface area contributed by atoms with E-state index < -0.39 is 0 Å². The van der Waals surface area contributed by atoms with Crippen molar-refractivity contribution in [2.24, 2.45) is 0 Å². The molecule has 5 nitrogen and oxygen atoms in total. The summed E-state index contributed by atoms with van der Waals surface area (Å²) in [5, 5.41) is 11.6. The Hall–Kier alpha value is -2.22. The molecule has 0 amide bonds. The van der Waals surface area contributed by atoms with E-state index in [9.17, 15) is 4.79 Å². The van der Waals surface area contributed by atoms with E-state index in [1.54, 1.807) is 25.1 Å². The maximum absolute atomic E-state index is 11.2. The largest absolute Gasteiger partial charge is 0.495 e. The number of carbonyl (C=O) groups excluding carboxylic acids is 1. The maximum Gasteiger partial charge on any atom is 0.325 e. The van der Waals surface area contributed by atoms with Gasteiger partial charge in [-0.2, -0.15) is 5.26 Å². The first-order chi connectivity index (χ1) is 8.21. The molecule has 0 heterocycles. The van der Waals surface area contributed by atoms with Gasteiger partial charge in [0, 0.05) is 6.07 Å². The van der Waals surface area contributed by atoms with E-state index in [1.165, 1.54) is 7.11 Å². The number of nitrogens with zero attached hydrogens (tertiary/aromatic N) is 1. The van der Waals surface area contributed by atoms with Crippen LogP contribution in [0.5, 0.6) is 5.75 Å². The molecule has 0 saturated heterocycles. The lowest BCUT2D eigenvalue weighted by Crippen LogP contribution is -2.17. The van der Waals surface area contributed by atoms with E-state index in [0.717, 1.165) is 0 Å². The van der Waals surface area contributed by atoms with Crippen molar-refractivity contribution in [2.75, 3.05) is 25.6 Å². The number of anilines is 1. The molecular formula is C12H14N2O3. The molecule has 5 heteroatoms. The van der Waals surface area contributed by atoms with Crippen molar-refractivity contribution in [3.8, 4) is 11.8 Å². The number of ether oxygens (including phenoxy) is 2. The maximum atomic E-state index is 11.2. The minimum atomic E-state index is -0.334. The first kappa shape index (κ1) is 12.8. The van der Waals surface area contributed by atoms with Gasteiger partial charge in [0.15, 0.2) is 0 Å². The highest BCUT2D eigenvalue weighted by Gasteiger charge is 2.06. The van der Waals surface area contributed by atoms with Crippen LogP contribution in [0.3, 0.4) is 0 Å². The van der Waals surface area contributed by atoms with Gasteiger partial charge in [-0.25, -0.2) is 0 Å². The van der Waals surface area contributed by atoms with Gasteiger partial charge in [0.25, 0.3) is 0 Å². The Morgan fingerprint density at radius 3 is 2.88 bits per heavy atom. The van der Waals surface area contributed by atoms with E-state index in [0.29, 0.717) is 23.6 Å². The number of carbonyl (C=O) groups is 1. The lowest BCUT2D eigenvalue weighted by Gasteiger charge is -2.10. The second-order valence-electron chi connectivity index (χ2n) is 3.19. The second-order valence-corrected chi connectivity index (χ2v) is 3.19. The molecule has 17 heavy (non-hydrogen) atoms. The van der Waals surface area contributed by atoms with Gasteiger partial charge in [-0.05, 0) is 19.1 Å². The van der Waals surface area contributed by atoms with Crippen molar-refractivity contribution < 1.29 is 14.3 Å². The smallest absolute Gasteiger partial charge is 0.325 e. The van der Waals surface area contributed by atoms with Crippen molar-refractivity contribution in [2.45, 2.75) is 6.92 Å². The molecule has 0 spiro atoms. The molecule has 0 aliphatic rings. The van der Waals surface area contributed by atoms with Gasteiger partial charge < -0.3 is 14.8 Å². The first-order valence-electron chi connectivity index (χ1n) is 5.19. The number of nitrogens with one attached hydrogen (secondary N) is 1. The van der Waals surface area contributed by atoms with Gasteiger partial charge in [-0.3, -0.25) is 4.79 Å². The normalized spacial score (nSPS) is 9.24. The van der Waals surface area contributed by atoms with Crippen LogP contribution < -0.4 is 10.1 Å². The average molecular weight is 234 g/mol. The number of esters is 1. The molecule has 0 unspecified atom stereocenters. The Morgan fingerprint density at radius 2 is 2.29 bits per heavy atom. The zero-order chi connectivity index (χ0) is 12.7. The highest BCUT2D eigenvalue weighted by Crippen LogP contribution is 2.24. The molecule has 0 aromatic heterocycles. The highest BCUT2D eigenvalue weighted by atomic mass is 16.5. The predicted molar refractivity (Wildman–Crippen MR) is 62.8 cm³/mol. The van der Waals surface area contributed by atoms with Crippen LogP contribution in [-0.2, 0) is 9.53 Å². The molecule has 1 rings (SSSR count). The van der Waals surface area contributed by atoms with E-state index in [1.807, 2.05) is 6.07 Å². The van der Waals surface area contributed by atoms with Crippen LogP contribution in [0.25, 0.3) is 0 Å². The second kappa shape index (κ2) is 6.38. The number of nitriles is 1. The van der Waals surface area contributed by atoms with E-state index in [2.05, 4.69) is 5.32 Å². The van der Waals surface area contributed by atoms with Gasteiger partial charge in [0.1, 0.15) is 12.3 Å². The van der Waals surface area contributed by atoms with Crippen molar-refractivity contribution >= 4 is 11.7 Å². The standard InChI is InChI=1S/C12H14N2O3/c1-3-17-12(15)8-14-10-5-4-9(7-13)6-11(10)16-2/h4-6,14H,3,8H2,1-2H3. The summed E-state index contributed by atoms with van der Waals surface area (Å²) in [5.74, 6) is 0.187. The van der Waals surface area contributed by atoms with Crippen molar-refractivity contribution in [3.05, 3.63) is 23.8 Å². The third-order valence-corrected chi connectivity index (χ3v) is 2.06. The molecular weight excluding hydrogens is 220 g/mol. The minimum absolute atomic E-state index is 0.0656. The summed E-state index contributed by atoms with van der Waals surface area (Å²) in [6.45, 7) is 2.17. The average Bonchev–Trinajstić information content (AvgIpc) is 2.36. The molecule has 90 valence electrons. The van der Waals surface area contributed by atoms with Crippen molar-refractivity contribution in [3.63, 3.8) is 0 Å². The van der Waals surface area contributed by atoms with Crippen molar-refractivity contribution in [1.29, 1.82) is 5.26 Å². The Kier molecular flexibility index (Phi) is 4.82. The van der Waals surface area contributed by atoms with Crippen LogP contribution in [0.15, 0.2) is 18.2 Å². The molecule has 0 radical (unpaired) electrons. The zero-order valence-electron chi connectivity index (χ0n) is 9.82. The Bertz CT molecular complexity index is 438. The first-order valence-corrected chi connectivity index (χ1v) is 5.19. The van der Waals surface area contributed by atoms with Gasteiger partial charge in [-0.1, -0.05) is 0 Å². The van der Waals surface area contributed by atoms with Crippen LogP contribution in [0.4, 0.5) is 5.69 Å². The van der Waals surface area contributed by atoms with Gasteiger partial charge in [0.05, 0.1) is 31.0 Å². The van der Waals surface area contributed by atoms with Gasteiger partial charge in [-0.15, -0.1) is 0 Å². The fourth-order valence-electron chi connectivity index (χ4n) is 1.29. The number of hydrogen-bond acceptors (Lipinski definition) is 5. The molecule has 0 aliphatic heterocycles. The van der Waals surface area contributed by atoms with Crippen LogP contribution in [-0.4, -0.2) is 26.2 Å². The number of rotatable bonds is 5. The summed E-state index contributed by atoms with van der Waals surface area (Å²) in [5.41, 5.74) is 1.16. The summed E-state index contributed by atoms with van der Waals surface area (Å²) in [4.78, 5) is 11.2. The van der Waals surface area contributed by atoms with E-state index in [4.69, 9.17) is 14.7 Å². The van der Waals surface area contributed by atoms with E-state index >= 15 is 0 Å². The lowest BCUT2D eigenvalue weighted by molar-refractivity contribution is -0.140. The molecule has 0 fully saturated rings. The summed E-state index contributed by atoms with van der Waals surface area (Å²) >= 11 is 0. The lowest BCUT2D eigenvalue weighted by atomic mass is 10.2. The fraction of sp³-hybridized carbons (Fsp3) is 0.333. The minimum Gasteiger partial charge on any atom is -0.495 e. The summed E-state index contributed by atoms with van der Waals surface area (Å²) in [7, 11) is 1.51. The number of benzene rings is 1. The Labute approximate surface area is 100.0 Å². The quantitative estimate of drug-likeness (QED) is 0.782. The number of hydrogen-bond donors (Lipinski definition) is 1. The third kappa shape index (κ3) is 3.68. The Balaban J connectivity index is 2.71. The van der Waals surface area contributed by atoms with Gasteiger partial charge in [0.2, 0.25) is 0 Å². The molecule has 1 N–H and O–H groups in total. The monoisotopic (exact) mass is 234 g/mol. The summed E-state index contributed by atoms with van der Waals surface area (Å²) in [6, 6.07) is 6.96. The SMILES string of the molecule is CCOC(=O)CNc1ccc(C#N)cc1OC. The highest BCUT2D eigenvalue weighted by molar-refractivity contribution is 5.76. The van der Waals surface area contributed by atoms with Crippen LogP contribution in [0.2, 0.25) is 0 Å². The number of methoxy groups -OCH3 is 1. The molecule has 1 aromatic carbocycles. The van der Waals surface area contributed by atoms with Crippen LogP contribution in [0, 0.1) is 11.3 Å². The Morgan fingerprint density at radius 1 is 1.53 bits per heavy atom. The molecule has 0 bridgehead atoms. The van der Waals surface area contributed by atoms with Crippen LogP contribution >= 0.6 is 0 Å².